The van der Waals surface area contributed by atoms with E-state index >= 15 is 0 Å². The van der Waals surface area contributed by atoms with Gasteiger partial charge in [0, 0.05) is 33.1 Å². The van der Waals surface area contributed by atoms with Gasteiger partial charge in [-0.05, 0) is 92.0 Å². The zero-order valence-corrected chi connectivity index (χ0v) is 33.9. The Hall–Kier alpha value is -7.82. The second kappa shape index (κ2) is 14.8. The van der Waals surface area contributed by atoms with Gasteiger partial charge in [-0.15, -0.1) is 0 Å². The molecule has 61 heavy (non-hydrogen) atoms. The lowest BCUT2D eigenvalue weighted by atomic mass is 9.82. The van der Waals surface area contributed by atoms with Crippen LogP contribution in [0.25, 0.3) is 101 Å². The molecule has 4 nitrogen and oxygen atoms in total. The molecule has 4 heteroatoms. The van der Waals surface area contributed by atoms with Gasteiger partial charge in [0.25, 0.3) is 0 Å². The number of rotatable bonds is 7. The Bertz CT molecular complexity index is 3260. The van der Waals surface area contributed by atoms with E-state index in [-0.39, 0.29) is 5.41 Å². The van der Waals surface area contributed by atoms with Crippen LogP contribution in [0.2, 0.25) is 0 Å². The van der Waals surface area contributed by atoms with Crippen molar-refractivity contribution in [2.24, 2.45) is 0 Å². The van der Waals surface area contributed by atoms with Gasteiger partial charge in [-0.2, -0.15) is 0 Å². The number of hydrogen-bond acceptors (Lipinski definition) is 4. The molecular formula is C57H40N4. The predicted octanol–water partition coefficient (Wildman–Crippen LogP) is 14.4. The second-order valence-electron chi connectivity index (χ2n) is 16.3. The highest BCUT2D eigenvalue weighted by Crippen LogP contribution is 2.50. The Morgan fingerprint density at radius 2 is 0.754 bits per heavy atom. The van der Waals surface area contributed by atoms with E-state index in [1.807, 2.05) is 24.3 Å². The summed E-state index contributed by atoms with van der Waals surface area (Å²) in [5, 5.41) is 1.10. The zero-order chi connectivity index (χ0) is 40.9. The van der Waals surface area contributed by atoms with Gasteiger partial charge in [-0.25, -0.2) is 19.9 Å². The lowest BCUT2D eigenvalue weighted by Crippen LogP contribution is -2.14. The summed E-state index contributed by atoms with van der Waals surface area (Å²) >= 11 is 0. The van der Waals surface area contributed by atoms with Gasteiger partial charge in [-0.1, -0.05) is 184 Å². The van der Waals surface area contributed by atoms with E-state index in [2.05, 4.69) is 196 Å². The molecular weight excluding hydrogens is 741 g/mol. The van der Waals surface area contributed by atoms with Crippen molar-refractivity contribution in [3.63, 3.8) is 0 Å². The van der Waals surface area contributed by atoms with Gasteiger partial charge in [0.2, 0.25) is 0 Å². The summed E-state index contributed by atoms with van der Waals surface area (Å²) in [5.41, 5.74) is 17.5. The van der Waals surface area contributed by atoms with Gasteiger partial charge >= 0.3 is 0 Å². The van der Waals surface area contributed by atoms with Crippen molar-refractivity contribution >= 4 is 10.9 Å². The molecule has 8 aromatic carbocycles. The first-order chi connectivity index (χ1) is 30.0. The van der Waals surface area contributed by atoms with E-state index in [4.69, 9.17) is 19.9 Å². The first kappa shape index (κ1) is 36.3. The van der Waals surface area contributed by atoms with Crippen LogP contribution >= 0.6 is 0 Å². The molecule has 0 N–H and O–H groups in total. The Labute approximate surface area is 356 Å². The summed E-state index contributed by atoms with van der Waals surface area (Å²) in [4.78, 5) is 20.8. The van der Waals surface area contributed by atoms with Gasteiger partial charge in [0.1, 0.15) is 0 Å². The molecule has 0 unspecified atom stereocenters. The minimum absolute atomic E-state index is 0.154. The molecule has 0 fully saturated rings. The number of benzene rings is 8. The topological polar surface area (TPSA) is 51.6 Å². The molecule has 0 atom stereocenters. The average molecular weight is 781 g/mol. The SMILES string of the molecule is CC1(C)c2ccccc2-c2cc3c(-c4cccc(-c5nc(-c6ccccc6)nc(-c6cccc(-c7ccccc7)c6)n5)c4)cc(-c4cccc(-c5ccccc5)c4)nc3cc21. The van der Waals surface area contributed by atoms with Crippen molar-refractivity contribution < 1.29 is 0 Å². The fourth-order valence-electron chi connectivity index (χ4n) is 8.94. The standard InChI is InChI=1S/C57H40N4/c1-57(2)50-30-13-12-29-46(50)48-34-49-47(35-52(58-53(49)36-51(48)57)43-26-14-23-40(31-43)37-17-6-3-7-18-37)42-25-16-28-45(33-42)56-60-54(39-21-10-5-11-22-39)59-55(61-56)44-27-15-24-41(32-44)38-19-8-4-9-20-38/h3-36H,1-2H3. The van der Waals surface area contributed by atoms with E-state index in [1.165, 1.54) is 27.8 Å². The summed E-state index contributed by atoms with van der Waals surface area (Å²) in [5.74, 6) is 1.86. The summed E-state index contributed by atoms with van der Waals surface area (Å²) in [7, 11) is 0. The molecule has 1 aliphatic rings. The molecule has 288 valence electrons. The maximum absolute atomic E-state index is 5.44. The van der Waals surface area contributed by atoms with E-state index in [0.717, 1.165) is 66.7 Å². The molecule has 2 aromatic heterocycles. The van der Waals surface area contributed by atoms with E-state index in [9.17, 15) is 0 Å². The molecule has 0 spiro atoms. The molecule has 11 rings (SSSR count). The van der Waals surface area contributed by atoms with Crippen LogP contribution in [0.5, 0.6) is 0 Å². The van der Waals surface area contributed by atoms with Crippen molar-refractivity contribution in [1.29, 1.82) is 0 Å². The third kappa shape index (κ3) is 6.59. The number of hydrogen-bond donors (Lipinski definition) is 0. The number of pyridine rings is 1. The van der Waals surface area contributed by atoms with Crippen molar-refractivity contribution in [2.45, 2.75) is 19.3 Å². The van der Waals surface area contributed by atoms with Crippen LogP contribution in [0, 0.1) is 0 Å². The molecule has 10 aromatic rings. The third-order valence-corrected chi connectivity index (χ3v) is 12.1. The Kier molecular flexibility index (Phi) is 8.79. The Morgan fingerprint density at radius 3 is 1.38 bits per heavy atom. The molecule has 0 bridgehead atoms. The number of nitrogens with zero attached hydrogens (tertiary/aromatic N) is 4. The fraction of sp³-hybridized carbons (Fsp3) is 0.0526. The first-order valence-corrected chi connectivity index (χ1v) is 20.8. The highest BCUT2D eigenvalue weighted by atomic mass is 15.0. The van der Waals surface area contributed by atoms with Gasteiger partial charge in [0.05, 0.1) is 11.2 Å². The van der Waals surface area contributed by atoms with Crippen LogP contribution in [0.1, 0.15) is 25.0 Å². The lowest BCUT2D eigenvalue weighted by molar-refractivity contribution is 0.661. The molecule has 0 saturated heterocycles. The zero-order valence-electron chi connectivity index (χ0n) is 33.9. The summed E-state index contributed by atoms with van der Waals surface area (Å²) in [6.45, 7) is 4.65. The van der Waals surface area contributed by atoms with Crippen molar-refractivity contribution in [3.8, 4) is 89.9 Å². The van der Waals surface area contributed by atoms with Gasteiger partial charge in [-0.3, -0.25) is 0 Å². The van der Waals surface area contributed by atoms with Crippen molar-refractivity contribution in [1.82, 2.24) is 19.9 Å². The smallest absolute Gasteiger partial charge is 0.164 e. The summed E-state index contributed by atoms with van der Waals surface area (Å²) < 4.78 is 0. The Morgan fingerprint density at radius 1 is 0.295 bits per heavy atom. The molecule has 0 aliphatic heterocycles. The normalized spacial score (nSPS) is 12.6. The van der Waals surface area contributed by atoms with E-state index in [1.54, 1.807) is 0 Å². The van der Waals surface area contributed by atoms with E-state index in [0.29, 0.717) is 17.5 Å². The minimum atomic E-state index is -0.154. The van der Waals surface area contributed by atoms with Crippen LogP contribution in [0.15, 0.2) is 206 Å². The van der Waals surface area contributed by atoms with Crippen molar-refractivity contribution in [2.75, 3.05) is 0 Å². The minimum Gasteiger partial charge on any atom is -0.248 e. The molecule has 0 amide bonds. The largest absolute Gasteiger partial charge is 0.248 e. The lowest BCUT2D eigenvalue weighted by Gasteiger charge is -2.22. The van der Waals surface area contributed by atoms with Crippen LogP contribution in [0.4, 0.5) is 0 Å². The Balaban J connectivity index is 1.10. The maximum atomic E-state index is 5.44. The van der Waals surface area contributed by atoms with Gasteiger partial charge < -0.3 is 0 Å². The van der Waals surface area contributed by atoms with Crippen LogP contribution in [-0.4, -0.2) is 19.9 Å². The highest BCUT2D eigenvalue weighted by Gasteiger charge is 2.36. The van der Waals surface area contributed by atoms with Gasteiger partial charge in [0.15, 0.2) is 17.5 Å². The number of aromatic nitrogens is 4. The second-order valence-corrected chi connectivity index (χ2v) is 16.3. The predicted molar refractivity (Wildman–Crippen MR) is 251 cm³/mol. The molecule has 2 heterocycles. The van der Waals surface area contributed by atoms with Crippen LogP contribution in [-0.2, 0) is 5.41 Å². The van der Waals surface area contributed by atoms with Crippen LogP contribution < -0.4 is 0 Å². The average Bonchev–Trinajstić information content (AvgIpc) is 3.56. The maximum Gasteiger partial charge on any atom is 0.164 e. The third-order valence-electron chi connectivity index (χ3n) is 12.1. The van der Waals surface area contributed by atoms with Crippen LogP contribution in [0.3, 0.4) is 0 Å². The summed E-state index contributed by atoms with van der Waals surface area (Å²) in [6, 6.07) is 72.6. The molecule has 0 saturated carbocycles. The fourth-order valence-corrected chi connectivity index (χ4v) is 8.94. The van der Waals surface area contributed by atoms with Crippen molar-refractivity contribution in [3.05, 3.63) is 217 Å². The number of fused-ring (bicyclic) bond motifs is 4. The first-order valence-electron chi connectivity index (χ1n) is 20.8. The highest BCUT2D eigenvalue weighted by molar-refractivity contribution is 6.02. The molecule has 0 radical (unpaired) electrons. The van der Waals surface area contributed by atoms with E-state index < -0.39 is 0 Å². The quantitative estimate of drug-likeness (QED) is 0.162. The summed E-state index contributed by atoms with van der Waals surface area (Å²) in [6.07, 6.45) is 0. The monoisotopic (exact) mass is 780 g/mol. The molecule has 1 aliphatic carbocycles.